The molecule has 0 bridgehead atoms. The monoisotopic (exact) mass is 372 g/mol. The quantitative estimate of drug-likeness (QED) is 0.857. The summed E-state index contributed by atoms with van der Waals surface area (Å²) in [6.07, 6.45) is 2.15. The zero-order valence-electron chi connectivity index (χ0n) is 12.0. The maximum atomic E-state index is 11.5. The molecule has 23 heavy (non-hydrogen) atoms. The van der Waals surface area contributed by atoms with E-state index in [1.807, 2.05) is 0 Å². The van der Waals surface area contributed by atoms with Crippen molar-refractivity contribution in [2.24, 2.45) is 0 Å². The Kier molecular flexibility index (Phi) is 4.61. The normalized spacial score (nSPS) is 19.5. The molecule has 0 saturated carbocycles. The minimum atomic E-state index is -2.94. The molecule has 0 radical (unpaired) electrons. The zero-order valence-corrected chi connectivity index (χ0v) is 14.3. The smallest absolute Gasteiger partial charge is 0.229 e. The molecule has 1 unspecified atom stereocenters. The minimum absolute atomic E-state index is 0.121. The van der Waals surface area contributed by atoms with Crippen LogP contribution in [0.3, 0.4) is 0 Å². The summed E-state index contributed by atoms with van der Waals surface area (Å²) < 4.78 is 23.0. The number of nitrogens with one attached hydrogen (secondary N) is 2. The Bertz CT molecular complexity index is 809. The summed E-state index contributed by atoms with van der Waals surface area (Å²) in [4.78, 5) is 8.44. The van der Waals surface area contributed by atoms with Crippen LogP contribution in [-0.2, 0) is 9.84 Å². The van der Waals surface area contributed by atoms with Crippen LogP contribution in [0.5, 0.6) is 0 Å². The highest BCUT2D eigenvalue weighted by atomic mass is 35.5. The third kappa shape index (κ3) is 4.04. The maximum absolute atomic E-state index is 11.5. The highest BCUT2D eigenvalue weighted by molar-refractivity contribution is 7.91. The Morgan fingerprint density at radius 2 is 1.91 bits per heavy atom. The van der Waals surface area contributed by atoms with Crippen LogP contribution in [0.1, 0.15) is 6.42 Å². The molecule has 0 amide bonds. The van der Waals surface area contributed by atoms with Gasteiger partial charge in [0.05, 0.1) is 27.2 Å². The predicted molar refractivity (Wildman–Crippen MR) is 92.5 cm³/mol. The number of nitrogens with zero attached hydrogens (tertiary/aromatic N) is 2. The molecule has 0 aliphatic carbocycles. The summed E-state index contributed by atoms with van der Waals surface area (Å²) >= 11 is 12.2. The van der Waals surface area contributed by atoms with E-state index in [4.69, 9.17) is 23.2 Å². The van der Waals surface area contributed by atoms with Crippen molar-refractivity contribution in [2.75, 3.05) is 22.1 Å². The minimum Gasteiger partial charge on any atom is -0.366 e. The standard InChI is InChI=1S/C14H14Cl2N4O2S/c15-10-2-1-3-11(16)13(10)20-14-17-6-4-12(19-14)18-9-5-7-23(21,22)8-9/h1-4,6,9H,5,7-8H2,(H2,17,18,19,20). The topological polar surface area (TPSA) is 84.0 Å². The fourth-order valence-electron chi connectivity index (χ4n) is 2.35. The first-order valence-corrected chi connectivity index (χ1v) is 9.52. The van der Waals surface area contributed by atoms with E-state index in [9.17, 15) is 8.42 Å². The zero-order chi connectivity index (χ0) is 16.4. The molecule has 3 rings (SSSR count). The summed E-state index contributed by atoms with van der Waals surface area (Å²) in [7, 11) is -2.94. The average Bonchev–Trinajstić information content (AvgIpc) is 2.82. The van der Waals surface area contributed by atoms with Crippen LogP contribution in [0.2, 0.25) is 10.0 Å². The molecule has 1 fully saturated rings. The predicted octanol–water partition coefficient (Wildman–Crippen LogP) is 3.13. The van der Waals surface area contributed by atoms with E-state index in [2.05, 4.69) is 20.6 Å². The highest BCUT2D eigenvalue weighted by Crippen LogP contribution is 2.31. The molecule has 1 aliphatic rings. The van der Waals surface area contributed by atoms with Gasteiger partial charge in [0.2, 0.25) is 5.95 Å². The lowest BCUT2D eigenvalue weighted by atomic mass is 10.2. The van der Waals surface area contributed by atoms with Crippen LogP contribution in [0.4, 0.5) is 17.5 Å². The first kappa shape index (κ1) is 16.3. The second-order valence-corrected chi connectivity index (χ2v) is 8.27. The van der Waals surface area contributed by atoms with Crippen LogP contribution in [-0.4, -0.2) is 35.9 Å². The summed E-state index contributed by atoms with van der Waals surface area (Å²) in [5.74, 6) is 1.20. The van der Waals surface area contributed by atoms with Crippen molar-refractivity contribution >= 4 is 50.5 Å². The van der Waals surface area contributed by atoms with Gasteiger partial charge in [-0.2, -0.15) is 4.98 Å². The fraction of sp³-hybridized carbons (Fsp3) is 0.286. The van der Waals surface area contributed by atoms with Gasteiger partial charge >= 0.3 is 0 Å². The van der Waals surface area contributed by atoms with Crippen molar-refractivity contribution in [3.05, 3.63) is 40.5 Å². The summed E-state index contributed by atoms with van der Waals surface area (Å²) in [6, 6.07) is 6.72. The van der Waals surface area contributed by atoms with Crippen LogP contribution < -0.4 is 10.6 Å². The van der Waals surface area contributed by atoms with Gasteiger partial charge in [-0.3, -0.25) is 0 Å². The van der Waals surface area contributed by atoms with Crippen molar-refractivity contribution in [1.29, 1.82) is 0 Å². The maximum Gasteiger partial charge on any atom is 0.229 e. The Morgan fingerprint density at radius 1 is 1.17 bits per heavy atom. The lowest BCUT2D eigenvalue weighted by molar-refractivity contribution is 0.602. The lowest BCUT2D eigenvalue weighted by Crippen LogP contribution is -2.21. The first-order chi connectivity index (χ1) is 10.9. The average molecular weight is 373 g/mol. The SMILES string of the molecule is O=S1(=O)CCC(Nc2ccnc(Nc3c(Cl)cccc3Cl)n2)C1. The van der Waals surface area contributed by atoms with Gasteiger partial charge in [0.15, 0.2) is 9.84 Å². The number of sulfone groups is 1. The van der Waals surface area contributed by atoms with E-state index in [0.29, 0.717) is 33.9 Å². The van der Waals surface area contributed by atoms with E-state index < -0.39 is 9.84 Å². The van der Waals surface area contributed by atoms with E-state index in [0.717, 1.165) is 0 Å². The molecule has 6 nitrogen and oxygen atoms in total. The Morgan fingerprint density at radius 3 is 2.57 bits per heavy atom. The summed E-state index contributed by atoms with van der Waals surface area (Å²) in [5, 5.41) is 7.01. The molecule has 1 saturated heterocycles. The molecular weight excluding hydrogens is 359 g/mol. The van der Waals surface area contributed by atoms with Gasteiger partial charge in [0, 0.05) is 12.2 Å². The van der Waals surface area contributed by atoms with Gasteiger partial charge in [-0.15, -0.1) is 0 Å². The lowest BCUT2D eigenvalue weighted by Gasteiger charge is -2.13. The fourth-order valence-corrected chi connectivity index (χ4v) is 4.51. The van der Waals surface area contributed by atoms with E-state index in [-0.39, 0.29) is 17.5 Å². The van der Waals surface area contributed by atoms with E-state index in [1.165, 1.54) is 0 Å². The number of hydrogen-bond donors (Lipinski definition) is 2. The number of benzene rings is 1. The van der Waals surface area contributed by atoms with E-state index >= 15 is 0 Å². The molecular formula is C14H14Cl2N4O2S. The Hall–Kier alpha value is -1.57. The summed E-state index contributed by atoms with van der Waals surface area (Å²) in [5.41, 5.74) is 0.524. The van der Waals surface area contributed by atoms with Gasteiger partial charge < -0.3 is 10.6 Å². The van der Waals surface area contributed by atoms with Gasteiger partial charge in [0.25, 0.3) is 0 Å². The third-order valence-electron chi connectivity index (χ3n) is 3.44. The molecule has 1 atom stereocenters. The third-order valence-corrected chi connectivity index (χ3v) is 5.84. The number of halogens is 2. The Labute approximate surface area is 144 Å². The number of para-hydroxylation sites is 1. The molecule has 2 N–H and O–H groups in total. The van der Waals surface area contributed by atoms with Gasteiger partial charge in [-0.25, -0.2) is 13.4 Å². The van der Waals surface area contributed by atoms with Crippen LogP contribution in [0, 0.1) is 0 Å². The van der Waals surface area contributed by atoms with Crippen molar-refractivity contribution in [3.63, 3.8) is 0 Å². The Balaban J connectivity index is 1.75. The molecule has 9 heteroatoms. The van der Waals surface area contributed by atoms with Gasteiger partial charge in [-0.05, 0) is 24.6 Å². The van der Waals surface area contributed by atoms with Crippen molar-refractivity contribution in [3.8, 4) is 0 Å². The second-order valence-electron chi connectivity index (χ2n) is 5.23. The second kappa shape index (κ2) is 6.51. The van der Waals surface area contributed by atoms with Crippen molar-refractivity contribution < 1.29 is 8.42 Å². The van der Waals surface area contributed by atoms with Crippen molar-refractivity contribution in [2.45, 2.75) is 12.5 Å². The molecule has 2 aromatic rings. The number of aromatic nitrogens is 2. The molecule has 1 aliphatic heterocycles. The van der Waals surface area contributed by atoms with Crippen LogP contribution >= 0.6 is 23.2 Å². The molecule has 0 spiro atoms. The number of anilines is 3. The van der Waals surface area contributed by atoms with Crippen LogP contribution in [0.15, 0.2) is 30.5 Å². The van der Waals surface area contributed by atoms with E-state index in [1.54, 1.807) is 30.5 Å². The van der Waals surface area contributed by atoms with Gasteiger partial charge in [-0.1, -0.05) is 29.3 Å². The van der Waals surface area contributed by atoms with Crippen LogP contribution in [0.25, 0.3) is 0 Å². The molecule has 2 heterocycles. The van der Waals surface area contributed by atoms with Gasteiger partial charge in [0.1, 0.15) is 5.82 Å². The van der Waals surface area contributed by atoms with Crippen molar-refractivity contribution in [1.82, 2.24) is 9.97 Å². The highest BCUT2D eigenvalue weighted by Gasteiger charge is 2.27. The molecule has 122 valence electrons. The molecule has 1 aromatic heterocycles. The largest absolute Gasteiger partial charge is 0.366 e. The first-order valence-electron chi connectivity index (χ1n) is 6.94. The summed E-state index contributed by atoms with van der Waals surface area (Å²) in [6.45, 7) is 0. The molecule has 1 aromatic carbocycles. The number of hydrogen-bond acceptors (Lipinski definition) is 6. The number of rotatable bonds is 4.